The van der Waals surface area contributed by atoms with Crippen LogP contribution in [0.4, 0.5) is 0 Å². The molecule has 9 heteroatoms. The number of aromatic nitrogens is 1. The zero-order chi connectivity index (χ0) is 21.0. The number of carbonyl (C=O) groups excluding carboxylic acids is 1. The van der Waals surface area contributed by atoms with Gasteiger partial charge in [0.15, 0.2) is 5.76 Å². The molecule has 0 aliphatic rings. The lowest BCUT2D eigenvalue weighted by molar-refractivity contribution is -0.134. The topological polar surface area (TPSA) is 106 Å². The van der Waals surface area contributed by atoms with Crippen LogP contribution in [0.25, 0.3) is 0 Å². The van der Waals surface area contributed by atoms with E-state index in [0.29, 0.717) is 12.3 Å². The van der Waals surface area contributed by atoms with E-state index in [1.54, 1.807) is 17.0 Å². The lowest BCUT2D eigenvalue weighted by Gasteiger charge is -2.25. The average Bonchev–Trinajstić information content (AvgIpc) is 3.30. The molecular weight excluding hydrogens is 394 g/mol. The molecule has 2 heterocycles. The van der Waals surface area contributed by atoms with E-state index in [1.165, 1.54) is 27.0 Å². The summed E-state index contributed by atoms with van der Waals surface area (Å²) in [7, 11) is -3.97. The van der Waals surface area contributed by atoms with E-state index in [2.05, 4.69) is 9.88 Å². The summed E-state index contributed by atoms with van der Waals surface area (Å²) >= 11 is 0. The van der Waals surface area contributed by atoms with E-state index < -0.39 is 16.1 Å². The summed E-state index contributed by atoms with van der Waals surface area (Å²) < 4.78 is 38.2. The maximum absolute atomic E-state index is 13.1. The predicted octanol–water partition coefficient (Wildman–Crippen LogP) is 2.78. The molecule has 8 nitrogen and oxygen atoms in total. The fraction of sp³-hybridized carbons (Fsp3) is 0.300. The highest BCUT2D eigenvalue weighted by molar-refractivity contribution is 7.89. The Bertz CT molecular complexity index is 1040. The van der Waals surface area contributed by atoms with Gasteiger partial charge in [0, 0.05) is 6.54 Å². The smallest absolute Gasteiger partial charge is 0.246 e. The predicted molar refractivity (Wildman–Crippen MR) is 105 cm³/mol. The van der Waals surface area contributed by atoms with Crippen LogP contribution in [0, 0.1) is 13.8 Å². The van der Waals surface area contributed by atoms with Crippen LogP contribution in [0.3, 0.4) is 0 Å². The summed E-state index contributed by atoms with van der Waals surface area (Å²) in [5.41, 5.74) is 1.17. The van der Waals surface area contributed by atoms with Gasteiger partial charge in [-0.2, -0.15) is 4.72 Å². The van der Waals surface area contributed by atoms with Crippen molar-refractivity contribution in [1.82, 2.24) is 14.8 Å². The standard InChI is InChI=1S/C20H23N3O5S/c1-14-19(16(3)28-21-14)29(25,26)22-15(2)20(24)23(13-18-10-7-11-27-18)12-17-8-5-4-6-9-17/h4-11,15,22H,12-13H2,1-3H3/t15-/m0/s1. The Hall–Kier alpha value is -2.91. The number of aryl methyl sites for hydroxylation is 2. The number of sulfonamides is 1. The zero-order valence-electron chi connectivity index (χ0n) is 16.5. The first-order valence-corrected chi connectivity index (χ1v) is 10.6. The number of hydrogen-bond donors (Lipinski definition) is 1. The monoisotopic (exact) mass is 417 g/mol. The number of rotatable bonds is 8. The lowest BCUT2D eigenvalue weighted by Crippen LogP contribution is -2.46. The average molecular weight is 417 g/mol. The third-order valence-corrected chi connectivity index (χ3v) is 6.18. The molecule has 1 N–H and O–H groups in total. The summed E-state index contributed by atoms with van der Waals surface area (Å²) in [5.74, 6) is 0.405. The molecule has 2 aromatic heterocycles. The van der Waals surface area contributed by atoms with E-state index in [9.17, 15) is 13.2 Å². The summed E-state index contributed by atoms with van der Waals surface area (Å²) in [5, 5.41) is 3.67. The minimum Gasteiger partial charge on any atom is -0.467 e. The normalized spacial score (nSPS) is 12.7. The first-order chi connectivity index (χ1) is 13.8. The fourth-order valence-electron chi connectivity index (χ4n) is 3.08. The molecule has 0 spiro atoms. The quantitative estimate of drug-likeness (QED) is 0.604. The van der Waals surface area contributed by atoms with Crippen molar-refractivity contribution < 1.29 is 22.2 Å². The number of nitrogens with zero attached hydrogens (tertiary/aromatic N) is 2. The molecule has 0 unspecified atom stereocenters. The van der Waals surface area contributed by atoms with Crippen LogP contribution in [0.2, 0.25) is 0 Å². The van der Waals surface area contributed by atoms with Crippen molar-refractivity contribution in [2.75, 3.05) is 0 Å². The third-order valence-electron chi connectivity index (χ3n) is 4.39. The van der Waals surface area contributed by atoms with Crippen LogP contribution in [0.5, 0.6) is 0 Å². The lowest BCUT2D eigenvalue weighted by atomic mass is 10.2. The van der Waals surface area contributed by atoms with E-state index in [-0.39, 0.29) is 28.8 Å². The highest BCUT2D eigenvalue weighted by Gasteiger charge is 2.30. The van der Waals surface area contributed by atoms with Crippen LogP contribution < -0.4 is 4.72 Å². The summed E-state index contributed by atoms with van der Waals surface area (Å²) in [4.78, 5) is 14.6. The van der Waals surface area contributed by atoms with Gasteiger partial charge in [0.2, 0.25) is 15.9 Å². The second-order valence-electron chi connectivity index (χ2n) is 6.76. The fourth-order valence-corrected chi connectivity index (χ4v) is 4.61. The Balaban J connectivity index is 1.80. The molecule has 1 aromatic carbocycles. The Morgan fingerprint density at radius 1 is 1.14 bits per heavy atom. The third kappa shape index (κ3) is 4.93. The maximum Gasteiger partial charge on any atom is 0.246 e. The van der Waals surface area contributed by atoms with Crippen molar-refractivity contribution in [1.29, 1.82) is 0 Å². The van der Waals surface area contributed by atoms with Crippen LogP contribution >= 0.6 is 0 Å². The van der Waals surface area contributed by atoms with Gasteiger partial charge in [0.1, 0.15) is 16.3 Å². The molecule has 0 aliphatic heterocycles. The second kappa shape index (κ2) is 8.62. The number of furan rings is 1. The van der Waals surface area contributed by atoms with Gasteiger partial charge in [-0.1, -0.05) is 35.5 Å². The number of nitrogens with one attached hydrogen (secondary N) is 1. The van der Waals surface area contributed by atoms with Crippen LogP contribution in [0.15, 0.2) is 62.6 Å². The van der Waals surface area contributed by atoms with Gasteiger partial charge >= 0.3 is 0 Å². The largest absolute Gasteiger partial charge is 0.467 e. The summed E-state index contributed by atoms with van der Waals surface area (Å²) in [6, 6.07) is 12.0. The minimum absolute atomic E-state index is 0.0437. The second-order valence-corrected chi connectivity index (χ2v) is 8.41. The van der Waals surface area contributed by atoms with E-state index >= 15 is 0 Å². The summed E-state index contributed by atoms with van der Waals surface area (Å²) in [6.07, 6.45) is 1.53. The first kappa shape index (κ1) is 20.8. The maximum atomic E-state index is 13.1. The van der Waals surface area contributed by atoms with Gasteiger partial charge in [-0.15, -0.1) is 0 Å². The van der Waals surface area contributed by atoms with Crippen molar-refractivity contribution in [2.24, 2.45) is 0 Å². The molecule has 3 aromatic rings. The molecule has 3 rings (SSSR count). The van der Waals surface area contributed by atoms with Crippen LogP contribution in [-0.2, 0) is 27.9 Å². The molecule has 0 aliphatic carbocycles. The van der Waals surface area contributed by atoms with Crippen molar-refractivity contribution in [3.05, 3.63) is 71.5 Å². The van der Waals surface area contributed by atoms with Gasteiger partial charge in [0.05, 0.1) is 18.8 Å². The summed E-state index contributed by atoms with van der Waals surface area (Å²) in [6.45, 7) is 5.10. The zero-order valence-corrected chi connectivity index (χ0v) is 17.3. The molecule has 0 radical (unpaired) electrons. The van der Waals surface area contributed by atoms with E-state index in [1.807, 2.05) is 30.3 Å². The Morgan fingerprint density at radius 2 is 1.86 bits per heavy atom. The van der Waals surface area contributed by atoms with Crippen LogP contribution in [-0.4, -0.2) is 30.4 Å². The number of amides is 1. The van der Waals surface area contributed by atoms with Crippen LogP contribution in [0.1, 0.15) is 29.7 Å². The van der Waals surface area contributed by atoms with Gasteiger partial charge in [-0.25, -0.2) is 8.42 Å². The molecule has 154 valence electrons. The molecule has 0 saturated carbocycles. The Labute approximate surface area is 169 Å². The first-order valence-electron chi connectivity index (χ1n) is 9.08. The Morgan fingerprint density at radius 3 is 2.45 bits per heavy atom. The number of benzene rings is 1. The minimum atomic E-state index is -3.97. The highest BCUT2D eigenvalue weighted by Crippen LogP contribution is 2.19. The Kier molecular flexibility index (Phi) is 6.19. The SMILES string of the molecule is Cc1noc(C)c1S(=O)(=O)N[C@@H](C)C(=O)N(Cc1ccccc1)Cc1ccco1. The molecule has 1 atom stereocenters. The molecule has 0 bridgehead atoms. The van der Waals surface area contributed by atoms with Crippen molar-refractivity contribution in [3.8, 4) is 0 Å². The molecule has 1 amide bonds. The van der Waals surface area contributed by atoms with Crippen molar-refractivity contribution in [3.63, 3.8) is 0 Å². The van der Waals surface area contributed by atoms with E-state index in [4.69, 9.17) is 8.94 Å². The van der Waals surface area contributed by atoms with Gasteiger partial charge < -0.3 is 13.8 Å². The van der Waals surface area contributed by atoms with E-state index in [0.717, 1.165) is 5.56 Å². The molecule has 29 heavy (non-hydrogen) atoms. The number of carbonyl (C=O) groups is 1. The molecule has 0 fully saturated rings. The van der Waals surface area contributed by atoms with Crippen molar-refractivity contribution in [2.45, 2.75) is 44.8 Å². The molecule has 0 saturated heterocycles. The van der Waals surface area contributed by atoms with Crippen molar-refractivity contribution >= 4 is 15.9 Å². The van der Waals surface area contributed by atoms with Gasteiger partial charge in [0.25, 0.3) is 0 Å². The van der Waals surface area contributed by atoms with Gasteiger partial charge in [-0.05, 0) is 38.5 Å². The molecular formula is C20H23N3O5S. The van der Waals surface area contributed by atoms with Gasteiger partial charge in [-0.3, -0.25) is 4.79 Å². The number of hydrogen-bond acceptors (Lipinski definition) is 6. The highest BCUT2D eigenvalue weighted by atomic mass is 32.2.